The van der Waals surface area contributed by atoms with Crippen molar-refractivity contribution in [1.29, 1.82) is 0 Å². The van der Waals surface area contributed by atoms with E-state index in [9.17, 15) is 17.6 Å². The van der Waals surface area contributed by atoms with Crippen LogP contribution in [0, 0.1) is 5.82 Å². The van der Waals surface area contributed by atoms with Crippen molar-refractivity contribution in [3.8, 4) is 5.88 Å². The molecule has 0 bridgehead atoms. The number of alkyl halides is 3. The van der Waals surface area contributed by atoms with E-state index in [1.807, 2.05) is 25.3 Å². The summed E-state index contributed by atoms with van der Waals surface area (Å²) < 4.78 is 54.6. The van der Waals surface area contributed by atoms with Crippen LogP contribution in [-0.4, -0.2) is 41.4 Å². The predicted octanol–water partition coefficient (Wildman–Crippen LogP) is 2.69. The minimum absolute atomic E-state index is 0.152. The third kappa shape index (κ3) is 3.47. The van der Waals surface area contributed by atoms with E-state index in [0.717, 1.165) is 18.3 Å². The zero-order valence-corrected chi connectivity index (χ0v) is 12.3. The molecule has 1 saturated heterocycles. The first kappa shape index (κ1) is 15.8. The average molecular weight is 329 g/mol. The van der Waals surface area contributed by atoms with E-state index in [2.05, 4.69) is 19.9 Å². The molecule has 3 heterocycles. The first-order valence-electron chi connectivity index (χ1n) is 7.08. The molecule has 2 atom stereocenters. The molecule has 0 amide bonds. The van der Waals surface area contributed by atoms with Gasteiger partial charge < -0.3 is 9.64 Å². The maximum atomic E-state index is 13.9. The highest BCUT2D eigenvalue weighted by Gasteiger charge is 2.30. The van der Waals surface area contributed by atoms with Gasteiger partial charge in [-0.3, -0.25) is 5.32 Å². The van der Waals surface area contributed by atoms with E-state index in [1.165, 1.54) is 6.20 Å². The molecule has 2 aliphatic heterocycles. The van der Waals surface area contributed by atoms with Crippen LogP contribution < -0.4 is 10.1 Å². The molecule has 23 heavy (non-hydrogen) atoms. The minimum Gasteiger partial charge on any atom is -0.466 e. The molecule has 1 aromatic heterocycles. The van der Waals surface area contributed by atoms with Gasteiger partial charge in [0.25, 0.3) is 5.88 Å². The van der Waals surface area contributed by atoms with Crippen molar-refractivity contribution in [3.63, 3.8) is 0 Å². The molecule has 0 saturated carbocycles. The molecule has 8 heteroatoms. The van der Waals surface area contributed by atoms with Crippen molar-refractivity contribution in [2.45, 2.75) is 25.2 Å². The number of nitrogens with zero attached hydrogens (tertiary/aromatic N) is 2. The Kier molecular flexibility index (Phi) is 4.01. The van der Waals surface area contributed by atoms with Crippen LogP contribution in [0.3, 0.4) is 0 Å². The topological polar surface area (TPSA) is 37.4 Å². The van der Waals surface area contributed by atoms with Gasteiger partial charge in [-0.05, 0) is 24.6 Å². The number of nitrogens with one attached hydrogen (secondary N) is 1. The molecule has 1 aromatic rings. The smallest absolute Gasteiger partial charge is 0.422 e. The summed E-state index contributed by atoms with van der Waals surface area (Å²) in [7, 11) is 0. The van der Waals surface area contributed by atoms with Crippen LogP contribution in [0.2, 0.25) is 0 Å². The number of hydrogen-bond donors (Lipinski definition) is 1. The quantitative estimate of drug-likeness (QED) is 0.865. The first-order valence-corrected chi connectivity index (χ1v) is 7.08. The summed E-state index contributed by atoms with van der Waals surface area (Å²) in [6.45, 7) is 1.22. The van der Waals surface area contributed by atoms with Gasteiger partial charge in [0, 0.05) is 24.0 Å². The van der Waals surface area contributed by atoms with Crippen LogP contribution >= 0.6 is 0 Å². The standard InChI is InChI=1S/C15H15F4N3O/c1-9-13-5-10(2-3-22(13)8-21-9)11-4-12(16)14(20-6-11)23-7-15(17,18)19/h2-6,9,13,21H,7-8H2,1H3. The SMILES string of the molecule is CC1NCN2C=CC(c3cnc(OCC(F)(F)F)c(F)c3)=CC12. The van der Waals surface area contributed by atoms with Crippen molar-refractivity contribution in [1.82, 2.24) is 15.2 Å². The molecule has 0 aromatic carbocycles. The molecular formula is C15H15F4N3O. The van der Waals surface area contributed by atoms with E-state index in [-0.39, 0.29) is 12.1 Å². The van der Waals surface area contributed by atoms with Crippen LogP contribution in [0.25, 0.3) is 5.57 Å². The molecule has 0 aliphatic carbocycles. The molecule has 1 N–H and O–H groups in total. The molecule has 2 aliphatic rings. The second-order valence-corrected chi connectivity index (χ2v) is 5.51. The third-order valence-corrected chi connectivity index (χ3v) is 3.80. The van der Waals surface area contributed by atoms with Gasteiger partial charge in [0.1, 0.15) is 0 Å². The lowest BCUT2D eigenvalue weighted by Gasteiger charge is -2.25. The number of hydrogen-bond acceptors (Lipinski definition) is 4. The van der Waals surface area contributed by atoms with Gasteiger partial charge in [-0.2, -0.15) is 13.2 Å². The fraction of sp³-hybridized carbons (Fsp3) is 0.400. The Hall–Kier alpha value is -2.09. The average Bonchev–Trinajstić information content (AvgIpc) is 2.86. The van der Waals surface area contributed by atoms with Gasteiger partial charge in [-0.1, -0.05) is 6.08 Å². The summed E-state index contributed by atoms with van der Waals surface area (Å²) in [6.07, 6.45) is 2.49. The molecule has 3 rings (SSSR count). The largest absolute Gasteiger partial charge is 0.466 e. The summed E-state index contributed by atoms with van der Waals surface area (Å²) in [5.74, 6) is -1.56. The Morgan fingerprint density at radius 3 is 2.91 bits per heavy atom. The predicted molar refractivity (Wildman–Crippen MR) is 76.0 cm³/mol. The Labute approximate surface area is 130 Å². The summed E-state index contributed by atoms with van der Waals surface area (Å²) in [4.78, 5) is 5.77. The summed E-state index contributed by atoms with van der Waals surface area (Å²) >= 11 is 0. The molecule has 4 nitrogen and oxygen atoms in total. The van der Waals surface area contributed by atoms with Gasteiger partial charge >= 0.3 is 6.18 Å². The molecule has 124 valence electrons. The number of halogens is 4. The van der Waals surface area contributed by atoms with E-state index in [4.69, 9.17) is 0 Å². The van der Waals surface area contributed by atoms with Crippen molar-refractivity contribution in [2.75, 3.05) is 13.3 Å². The lowest BCUT2D eigenvalue weighted by molar-refractivity contribution is -0.154. The van der Waals surface area contributed by atoms with Crippen molar-refractivity contribution in [2.24, 2.45) is 0 Å². The normalized spacial score (nSPS) is 23.7. The fourth-order valence-corrected chi connectivity index (χ4v) is 2.60. The van der Waals surface area contributed by atoms with E-state index in [1.54, 1.807) is 0 Å². The minimum atomic E-state index is -4.53. The van der Waals surface area contributed by atoms with Crippen LogP contribution in [-0.2, 0) is 0 Å². The third-order valence-electron chi connectivity index (χ3n) is 3.80. The van der Waals surface area contributed by atoms with Gasteiger partial charge in [0.15, 0.2) is 12.4 Å². The Bertz CT molecular complexity index is 657. The van der Waals surface area contributed by atoms with Crippen molar-refractivity contribution in [3.05, 3.63) is 42.0 Å². The maximum absolute atomic E-state index is 13.9. The molecule has 1 fully saturated rings. The lowest BCUT2D eigenvalue weighted by atomic mass is 9.99. The number of ether oxygens (including phenoxy) is 1. The van der Waals surface area contributed by atoms with E-state index < -0.39 is 24.5 Å². The van der Waals surface area contributed by atoms with E-state index >= 15 is 0 Å². The van der Waals surface area contributed by atoms with Crippen LogP contribution in [0.1, 0.15) is 12.5 Å². The monoisotopic (exact) mass is 329 g/mol. The molecule has 0 radical (unpaired) electrons. The van der Waals surface area contributed by atoms with E-state index in [0.29, 0.717) is 5.56 Å². The summed E-state index contributed by atoms with van der Waals surface area (Å²) in [5, 5.41) is 3.30. The summed E-state index contributed by atoms with van der Waals surface area (Å²) in [6, 6.07) is 1.54. The molecule has 2 unspecified atom stereocenters. The van der Waals surface area contributed by atoms with Crippen LogP contribution in [0.4, 0.5) is 17.6 Å². The zero-order valence-electron chi connectivity index (χ0n) is 12.3. The summed E-state index contributed by atoms with van der Waals surface area (Å²) in [5.41, 5.74) is 1.27. The van der Waals surface area contributed by atoms with Gasteiger partial charge in [-0.15, -0.1) is 0 Å². The lowest BCUT2D eigenvalue weighted by Crippen LogP contribution is -2.31. The van der Waals surface area contributed by atoms with Crippen LogP contribution in [0.5, 0.6) is 5.88 Å². The van der Waals surface area contributed by atoms with Gasteiger partial charge in [0.2, 0.25) is 0 Å². The van der Waals surface area contributed by atoms with Crippen molar-refractivity contribution < 1.29 is 22.3 Å². The highest BCUT2D eigenvalue weighted by Crippen LogP contribution is 2.28. The van der Waals surface area contributed by atoms with Gasteiger partial charge in [0.05, 0.1) is 12.7 Å². The van der Waals surface area contributed by atoms with Crippen LogP contribution in [0.15, 0.2) is 30.6 Å². The Morgan fingerprint density at radius 2 is 2.22 bits per heavy atom. The molecular weight excluding hydrogens is 314 g/mol. The number of aromatic nitrogens is 1. The Morgan fingerprint density at radius 1 is 1.43 bits per heavy atom. The number of rotatable bonds is 3. The number of fused-ring (bicyclic) bond motifs is 1. The second kappa shape index (κ2) is 5.84. The first-order chi connectivity index (χ1) is 10.8. The second-order valence-electron chi connectivity index (χ2n) is 5.51. The molecule has 0 spiro atoms. The maximum Gasteiger partial charge on any atom is 0.422 e. The van der Waals surface area contributed by atoms with Gasteiger partial charge in [-0.25, -0.2) is 9.37 Å². The number of allylic oxidation sites excluding steroid dienone is 2. The number of pyridine rings is 1. The highest BCUT2D eigenvalue weighted by atomic mass is 19.4. The fourth-order valence-electron chi connectivity index (χ4n) is 2.60. The zero-order chi connectivity index (χ0) is 16.6. The highest BCUT2D eigenvalue weighted by molar-refractivity contribution is 5.75. The van der Waals surface area contributed by atoms with Crippen molar-refractivity contribution >= 4 is 5.57 Å². The Balaban J connectivity index is 1.78.